The van der Waals surface area contributed by atoms with E-state index in [4.69, 9.17) is 10.5 Å². The predicted molar refractivity (Wildman–Crippen MR) is 77.0 cm³/mol. The molecule has 0 fully saturated rings. The highest BCUT2D eigenvalue weighted by Gasteiger charge is 2.07. The fraction of sp³-hybridized carbons (Fsp3) is 0.133. The highest BCUT2D eigenvalue weighted by Crippen LogP contribution is 2.11. The van der Waals surface area contributed by atoms with E-state index in [0.717, 1.165) is 0 Å². The molecule has 2 rings (SSSR count). The van der Waals surface area contributed by atoms with Crippen LogP contribution in [0.2, 0.25) is 0 Å². The van der Waals surface area contributed by atoms with Crippen LogP contribution in [0.5, 0.6) is 5.75 Å². The first-order chi connectivity index (χ1) is 10.6. The quantitative estimate of drug-likeness (QED) is 0.782. The third-order valence-electron chi connectivity index (χ3n) is 2.73. The molecule has 0 bridgehead atoms. The van der Waals surface area contributed by atoms with Crippen molar-refractivity contribution >= 4 is 11.8 Å². The number of pyridine rings is 1. The van der Waals surface area contributed by atoms with Gasteiger partial charge in [0.15, 0.2) is 0 Å². The molecule has 2 aromatic rings. The van der Waals surface area contributed by atoms with Crippen LogP contribution in [0.25, 0.3) is 0 Å². The van der Waals surface area contributed by atoms with Gasteiger partial charge in [0, 0.05) is 12.3 Å². The minimum Gasteiger partial charge on any atom is -0.492 e. The topological polar surface area (TPSA) is 94.3 Å². The number of hydrogen-bond acceptors (Lipinski definition) is 4. The minimum atomic E-state index is -0.657. The van der Waals surface area contributed by atoms with Gasteiger partial charge in [0.1, 0.15) is 23.9 Å². The Morgan fingerprint density at radius 2 is 2.09 bits per heavy atom. The Morgan fingerprint density at radius 3 is 2.73 bits per heavy atom. The zero-order valence-electron chi connectivity index (χ0n) is 11.6. The number of aromatic nitrogens is 1. The number of rotatable bonds is 6. The molecule has 0 saturated carbocycles. The first-order valence-corrected chi connectivity index (χ1v) is 6.48. The standard InChI is InChI=1S/C15H14FN3O3/c16-11-2-1-3-12(8-11)22-7-6-18-15(21)10-4-5-13(14(17)20)19-9-10/h1-5,8-9H,6-7H2,(H2,17,20)(H,18,21). The Hall–Kier alpha value is -2.96. The van der Waals surface area contributed by atoms with Gasteiger partial charge >= 0.3 is 0 Å². The molecule has 3 N–H and O–H groups in total. The van der Waals surface area contributed by atoms with Gasteiger partial charge in [0.25, 0.3) is 11.8 Å². The number of benzene rings is 1. The summed E-state index contributed by atoms with van der Waals surface area (Å²) in [4.78, 5) is 26.5. The number of nitrogens with one attached hydrogen (secondary N) is 1. The monoisotopic (exact) mass is 303 g/mol. The predicted octanol–water partition coefficient (Wildman–Crippen LogP) is 1.13. The Morgan fingerprint density at radius 1 is 1.27 bits per heavy atom. The molecule has 0 aliphatic carbocycles. The second-order valence-corrected chi connectivity index (χ2v) is 4.36. The van der Waals surface area contributed by atoms with E-state index >= 15 is 0 Å². The number of primary amides is 1. The number of halogens is 1. The van der Waals surface area contributed by atoms with Gasteiger partial charge in [0.2, 0.25) is 0 Å². The summed E-state index contributed by atoms with van der Waals surface area (Å²) in [6.45, 7) is 0.439. The lowest BCUT2D eigenvalue weighted by molar-refractivity contribution is 0.0943. The van der Waals surface area contributed by atoms with Crippen molar-refractivity contribution in [1.82, 2.24) is 10.3 Å². The SMILES string of the molecule is NC(=O)c1ccc(C(=O)NCCOc2cccc(F)c2)cn1. The van der Waals surface area contributed by atoms with Gasteiger partial charge in [-0.2, -0.15) is 0 Å². The fourth-order valence-electron chi connectivity index (χ4n) is 1.67. The average molecular weight is 303 g/mol. The highest BCUT2D eigenvalue weighted by molar-refractivity contribution is 5.95. The zero-order chi connectivity index (χ0) is 15.9. The maximum Gasteiger partial charge on any atom is 0.267 e. The van der Waals surface area contributed by atoms with Gasteiger partial charge in [-0.25, -0.2) is 4.39 Å². The molecule has 6 nitrogen and oxygen atoms in total. The normalized spacial score (nSPS) is 10.0. The molecule has 1 aromatic carbocycles. The lowest BCUT2D eigenvalue weighted by Gasteiger charge is -2.08. The van der Waals surface area contributed by atoms with Gasteiger partial charge in [-0.1, -0.05) is 6.07 Å². The van der Waals surface area contributed by atoms with Gasteiger partial charge in [-0.05, 0) is 24.3 Å². The maximum absolute atomic E-state index is 12.9. The van der Waals surface area contributed by atoms with E-state index in [0.29, 0.717) is 11.3 Å². The number of nitrogens with two attached hydrogens (primary N) is 1. The van der Waals surface area contributed by atoms with E-state index in [1.807, 2.05) is 0 Å². The highest BCUT2D eigenvalue weighted by atomic mass is 19.1. The van der Waals surface area contributed by atoms with Gasteiger partial charge in [-0.3, -0.25) is 14.6 Å². The number of ether oxygens (including phenoxy) is 1. The van der Waals surface area contributed by atoms with Crippen LogP contribution in [0, 0.1) is 5.82 Å². The molecule has 1 heterocycles. The van der Waals surface area contributed by atoms with Crippen LogP contribution in [-0.2, 0) is 0 Å². The van der Waals surface area contributed by atoms with E-state index in [-0.39, 0.29) is 30.6 Å². The molecular formula is C15H14FN3O3. The van der Waals surface area contributed by atoms with Crippen molar-refractivity contribution < 1.29 is 18.7 Å². The molecule has 0 unspecified atom stereocenters. The number of hydrogen-bond donors (Lipinski definition) is 2. The second-order valence-electron chi connectivity index (χ2n) is 4.36. The first kappa shape index (κ1) is 15.4. The number of amides is 2. The maximum atomic E-state index is 12.9. The number of carbonyl (C=O) groups excluding carboxylic acids is 2. The van der Waals surface area contributed by atoms with Crippen molar-refractivity contribution in [2.75, 3.05) is 13.2 Å². The molecule has 114 valence electrons. The Labute approximate surface area is 126 Å². The average Bonchev–Trinajstić information content (AvgIpc) is 2.51. The Balaban J connectivity index is 1.79. The lowest BCUT2D eigenvalue weighted by atomic mass is 10.2. The summed E-state index contributed by atoms with van der Waals surface area (Å²) in [5.41, 5.74) is 5.45. The van der Waals surface area contributed by atoms with E-state index in [1.165, 1.54) is 36.5 Å². The summed E-state index contributed by atoms with van der Waals surface area (Å²) in [6, 6.07) is 8.56. The van der Waals surface area contributed by atoms with E-state index in [1.54, 1.807) is 6.07 Å². The molecule has 0 atom stereocenters. The Bertz CT molecular complexity index is 674. The summed E-state index contributed by atoms with van der Waals surface area (Å²) in [5.74, 6) is -1.01. The minimum absolute atomic E-state index is 0.0889. The fourth-order valence-corrected chi connectivity index (χ4v) is 1.67. The molecule has 0 spiro atoms. The van der Waals surface area contributed by atoms with Crippen LogP contribution >= 0.6 is 0 Å². The van der Waals surface area contributed by atoms with Crippen molar-refractivity contribution in [3.63, 3.8) is 0 Å². The van der Waals surface area contributed by atoms with E-state index < -0.39 is 5.91 Å². The summed E-state index contributed by atoms with van der Waals surface area (Å²) in [5, 5.41) is 2.62. The van der Waals surface area contributed by atoms with Crippen LogP contribution in [0.15, 0.2) is 42.6 Å². The van der Waals surface area contributed by atoms with Gasteiger partial charge < -0.3 is 15.8 Å². The van der Waals surface area contributed by atoms with Crippen molar-refractivity contribution in [3.8, 4) is 5.75 Å². The molecule has 0 aliphatic rings. The molecule has 0 aliphatic heterocycles. The Kier molecular flexibility index (Phi) is 5.02. The molecule has 1 aromatic heterocycles. The third-order valence-corrected chi connectivity index (χ3v) is 2.73. The van der Waals surface area contributed by atoms with Crippen LogP contribution in [-0.4, -0.2) is 29.9 Å². The molecule has 22 heavy (non-hydrogen) atoms. The van der Waals surface area contributed by atoms with Crippen LogP contribution in [0.1, 0.15) is 20.8 Å². The molecule has 0 saturated heterocycles. The van der Waals surface area contributed by atoms with Gasteiger partial charge in [-0.15, -0.1) is 0 Å². The first-order valence-electron chi connectivity index (χ1n) is 6.48. The van der Waals surface area contributed by atoms with Crippen molar-refractivity contribution in [2.24, 2.45) is 5.73 Å². The van der Waals surface area contributed by atoms with Crippen LogP contribution in [0.4, 0.5) is 4.39 Å². The zero-order valence-corrected chi connectivity index (χ0v) is 11.6. The van der Waals surface area contributed by atoms with Gasteiger partial charge in [0.05, 0.1) is 12.1 Å². The smallest absolute Gasteiger partial charge is 0.267 e. The summed E-state index contributed by atoms with van der Waals surface area (Å²) in [6.07, 6.45) is 1.27. The lowest BCUT2D eigenvalue weighted by Crippen LogP contribution is -2.28. The molecular weight excluding hydrogens is 289 g/mol. The van der Waals surface area contributed by atoms with E-state index in [2.05, 4.69) is 10.3 Å². The molecule has 0 radical (unpaired) electrons. The third kappa shape index (κ3) is 4.27. The molecule has 2 amide bonds. The largest absolute Gasteiger partial charge is 0.492 e. The van der Waals surface area contributed by atoms with E-state index in [9.17, 15) is 14.0 Å². The summed E-state index contributed by atoms with van der Waals surface area (Å²) >= 11 is 0. The van der Waals surface area contributed by atoms with Crippen LogP contribution < -0.4 is 15.8 Å². The summed E-state index contributed by atoms with van der Waals surface area (Å²) < 4.78 is 18.2. The second kappa shape index (κ2) is 7.16. The number of nitrogens with zero attached hydrogens (tertiary/aromatic N) is 1. The van der Waals surface area contributed by atoms with Crippen molar-refractivity contribution in [1.29, 1.82) is 0 Å². The molecule has 7 heteroatoms. The van der Waals surface area contributed by atoms with Crippen LogP contribution in [0.3, 0.4) is 0 Å². The number of carbonyl (C=O) groups is 2. The van der Waals surface area contributed by atoms with Crippen molar-refractivity contribution in [2.45, 2.75) is 0 Å². The summed E-state index contributed by atoms with van der Waals surface area (Å²) in [7, 11) is 0. The van der Waals surface area contributed by atoms with Crippen molar-refractivity contribution in [3.05, 3.63) is 59.7 Å².